The van der Waals surface area contributed by atoms with Crippen LogP contribution in [0.2, 0.25) is 0 Å². The minimum Gasteiger partial charge on any atom is -0.484 e. The van der Waals surface area contributed by atoms with Crippen LogP contribution < -0.4 is 21.1 Å². The van der Waals surface area contributed by atoms with Crippen molar-refractivity contribution in [1.82, 2.24) is 10.6 Å². The largest absolute Gasteiger partial charge is 0.484 e. The molecule has 4 N–H and O–H groups in total. The van der Waals surface area contributed by atoms with Crippen LogP contribution in [-0.4, -0.2) is 31.6 Å². The SMILES string of the molecule is CN=C(NCc1cccc(OCC(N)=O)c1)NC(C)CCC1CCCCC1. The third-order valence-electron chi connectivity index (χ3n) is 5.08. The molecule has 27 heavy (non-hydrogen) atoms. The van der Waals surface area contributed by atoms with E-state index < -0.39 is 5.91 Å². The van der Waals surface area contributed by atoms with Crippen LogP contribution >= 0.6 is 0 Å². The molecule has 2 rings (SSSR count). The van der Waals surface area contributed by atoms with Crippen LogP contribution in [0.15, 0.2) is 29.3 Å². The zero-order valence-corrected chi connectivity index (χ0v) is 16.7. The maximum absolute atomic E-state index is 10.8. The zero-order valence-electron chi connectivity index (χ0n) is 16.7. The van der Waals surface area contributed by atoms with Gasteiger partial charge in [-0.3, -0.25) is 9.79 Å². The lowest BCUT2D eigenvalue weighted by Gasteiger charge is -2.24. The first-order valence-electron chi connectivity index (χ1n) is 10.0. The molecule has 0 aromatic heterocycles. The van der Waals surface area contributed by atoms with Gasteiger partial charge in [0.25, 0.3) is 5.91 Å². The van der Waals surface area contributed by atoms with Crippen molar-refractivity contribution in [3.63, 3.8) is 0 Å². The van der Waals surface area contributed by atoms with Crippen LogP contribution in [0, 0.1) is 5.92 Å². The average molecular weight is 375 g/mol. The molecule has 0 bridgehead atoms. The average Bonchev–Trinajstić information content (AvgIpc) is 2.69. The summed E-state index contributed by atoms with van der Waals surface area (Å²) in [6.45, 7) is 2.73. The Morgan fingerprint density at radius 1 is 1.33 bits per heavy atom. The van der Waals surface area contributed by atoms with Crippen molar-refractivity contribution in [1.29, 1.82) is 0 Å². The molecule has 1 fully saturated rings. The number of amides is 1. The van der Waals surface area contributed by atoms with Crippen LogP contribution in [0.3, 0.4) is 0 Å². The fraction of sp³-hybridized carbons (Fsp3) is 0.619. The quantitative estimate of drug-likeness (QED) is 0.458. The van der Waals surface area contributed by atoms with Crippen molar-refractivity contribution >= 4 is 11.9 Å². The predicted molar refractivity (Wildman–Crippen MR) is 110 cm³/mol. The first-order valence-corrected chi connectivity index (χ1v) is 10.0. The standard InChI is InChI=1S/C21H34N4O2/c1-16(11-12-17-7-4-3-5-8-17)25-21(23-2)24-14-18-9-6-10-19(13-18)27-15-20(22)26/h6,9-10,13,16-17H,3-5,7-8,11-12,14-15H2,1-2H3,(H2,22,26)(H2,23,24,25). The fourth-order valence-corrected chi connectivity index (χ4v) is 3.55. The Morgan fingerprint density at radius 3 is 2.81 bits per heavy atom. The molecule has 1 amide bonds. The second-order valence-electron chi connectivity index (χ2n) is 7.45. The summed E-state index contributed by atoms with van der Waals surface area (Å²) in [5.41, 5.74) is 6.16. The molecular weight excluding hydrogens is 340 g/mol. The molecule has 6 nitrogen and oxygen atoms in total. The molecule has 1 aliphatic carbocycles. The monoisotopic (exact) mass is 374 g/mol. The normalized spacial score (nSPS) is 16.6. The van der Waals surface area contributed by atoms with Gasteiger partial charge in [-0.15, -0.1) is 0 Å². The zero-order chi connectivity index (χ0) is 19.5. The molecule has 1 aromatic rings. The van der Waals surface area contributed by atoms with Crippen molar-refractivity contribution in [3.8, 4) is 5.75 Å². The van der Waals surface area contributed by atoms with Gasteiger partial charge in [0.15, 0.2) is 12.6 Å². The molecule has 1 aliphatic rings. The summed E-state index contributed by atoms with van der Waals surface area (Å²) in [5, 5.41) is 6.82. The van der Waals surface area contributed by atoms with E-state index >= 15 is 0 Å². The number of guanidine groups is 1. The van der Waals surface area contributed by atoms with E-state index in [0.29, 0.717) is 18.3 Å². The summed E-state index contributed by atoms with van der Waals surface area (Å²) in [6, 6.07) is 8.01. The summed E-state index contributed by atoms with van der Waals surface area (Å²) in [6.07, 6.45) is 9.47. The third kappa shape index (κ3) is 8.33. The minimum atomic E-state index is -0.481. The molecule has 0 saturated heterocycles. The number of ether oxygens (including phenoxy) is 1. The highest BCUT2D eigenvalue weighted by atomic mass is 16.5. The predicted octanol–water partition coefficient (Wildman–Crippen LogP) is 2.96. The van der Waals surface area contributed by atoms with Crippen LogP contribution in [0.5, 0.6) is 5.75 Å². The van der Waals surface area contributed by atoms with Crippen molar-refractivity contribution in [2.45, 2.75) is 64.5 Å². The molecular formula is C21H34N4O2. The van der Waals surface area contributed by atoms with E-state index in [0.717, 1.165) is 17.4 Å². The lowest BCUT2D eigenvalue weighted by atomic mass is 9.85. The molecule has 1 unspecified atom stereocenters. The summed E-state index contributed by atoms with van der Waals surface area (Å²) in [7, 11) is 1.79. The molecule has 0 spiro atoms. The lowest BCUT2D eigenvalue weighted by molar-refractivity contribution is -0.119. The molecule has 150 valence electrons. The Hall–Kier alpha value is -2.24. The van der Waals surface area contributed by atoms with Gasteiger partial charge in [0.2, 0.25) is 0 Å². The summed E-state index contributed by atoms with van der Waals surface area (Å²) in [5.74, 6) is 1.86. The van der Waals surface area contributed by atoms with Gasteiger partial charge in [-0.25, -0.2) is 0 Å². The fourth-order valence-electron chi connectivity index (χ4n) is 3.55. The number of nitrogens with two attached hydrogens (primary N) is 1. The van der Waals surface area contributed by atoms with Gasteiger partial charge in [-0.1, -0.05) is 44.2 Å². The molecule has 1 saturated carbocycles. The number of carbonyl (C=O) groups is 1. The van der Waals surface area contributed by atoms with Crippen molar-refractivity contribution in [3.05, 3.63) is 29.8 Å². The number of primary amides is 1. The molecule has 1 aromatic carbocycles. The Bertz CT molecular complexity index is 612. The van der Waals surface area contributed by atoms with Gasteiger partial charge < -0.3 is 21.1 Å². The van der Waals surface area contributed by atoms with E-state index in [2.05, 4.69) is 22.5 Å². The number of aliphatic imine (C=N–C) groups is 1. The number of benzene rings is 1. The Balaban J connectivity index is 1.74. The highest BCUT2D eigenvalue weighted by Gasteiger charge is 2.15. The maximum atomic E-state index is 10.8. The van der Waals surface area contributed by atoms with E-state index in [4.69, 9.17) is 10.5 Å². The minimum absolute atomic E-state index is 0.112. The summed E-state index contributed by atoms with van der Waals surface area (Å²) in [4.78, 5) is 15.2. The van der Waals surface area contributed by atoms with Gasteiger partial charge >= 0.3 is 0 Å². The van der Waals surface area contributed by atoms with E-state index in [1.807, 2.05) is 24.3 Å². The molecule has 1 atom stereocenters. The lowest BCUT2D eigenvalue weighted by Crippen LogP contribution is -2.42. The number of hydrogen-bond donors (Lipinski definition) is 3. The van der Waals surface area contributed by atoms with Gasteiger partial charge in [-0.05, 0) is 43.4 Å². The third-order valence-corrected chi connectivity index (χ3v) is 5.08. The van der Waals surface area contributed by atoms with E-state index in [1.165, 1.54) is 44.9 Å². The van der Waals surface area contributed by atoms with Gasteiger partial charge in [0.05, 0.1) is 0 Å². The highest BCUT2D eigenvalue weighted by Crippen LogP contribution is 2.27. The number of carbonyl (C=O) groups excluding carboxylic acids is 1. The highest BCUT2D eigenvalue weighted by molar-refractivity contribution is 5.79. The van der Waals surface area contributed by atoms with Gasteiger partial charge in [-0.2, -0.15) is 0 Å². The summed E-state index contributed by atoms with van der Waals surface area (Å²) < 4.78 is 5.35. The topological polar surface area (TPSA) is 88.7 Å². The number of hydrogen-bond acceptors (Lipinski definition) is 3. The van der Waals surface area contributed by atoms with Gasteiger partial charge in [0.1, 0.15) is 5.75 Å². The van der Waals surface area contributed by atoms with E-state index in [-0.39, 0.29) is 6.61 Å². The smallest absolute Gasteiger partial charge is 0.255 e. The first-order chi connectivity index (χ1) is 13.1. The van der Waals surface area contributed by atoms with Gasteiger partial charge in [0, 0.05) is 19.6 Å². The molecule has 0 radical (unpaired) electrons. The Labute approximate surface area is 163 Å². The molecule has 6 heteroatoms. The first kappa shape index (κ1) is 21.1. The Kier molecular flexibility index (Phi) is 8.95. The van der Waals surface area contributed by atoms with Crippen LogP contribution in [0.1, 0.15) is 57.4 Å². The van der Waals surface area contributed by atoms with Crippen molar-refractivity contribution in [2.24, 2.45) is 16.6 Å². The van der Waals surface area contributed by atoms with Crippen LogP contribution in [0.25, 0.3) is 0 Å². The van der Waals surface area contributed by atoms with Crippen LogP contribution in [0.4, 0.5) is 0 Å². The Morgan fingerprint density at radius 2 is 2.11 bits per heavy atom. The van der Waals surface area contributed by atoms with E-state index in [1.54, 1.807) is 7.05 Å². The van der Waals surface area contributed by atoms with Crippen molar-refractivity contribution in [2.75, 3.05) is 13.7 Å². The number of rotatable bonds is 9. The van der Waals surface area contributed by atoms with E-state index in [9.17, 15) is 4.79 Å². The second kappa shape index (κ2) is 11.5. The maximum Gasteiger partial charge on any atom is 0.255 e. The second-order valence-corrected chi connectivity index (χ2v) is 7.45. The number of nitrogens with zero attached hydrogens (tertiary/aromatic N) is 1. The molecule has 0 aliphatic heterocycles. The van der Waals surface area contributed by atoms with Crippen LogP contribution in [-0.2, 0) is 11.3 Å². The number of nitrogens with one attached hydrogen (secondary N) is 2. The van der Waals surface area contributed by atoms with Crippen molar-refractivity contribution < 1.29 is 9.53 Å². The molecule has 0 heterocycles. The summed E-state index contributed by atoms with van der Waals surface area (Å²) >= 11 is 0.